The van der Waals surface area contributed by atoms with Crippen LogP contribution in [0.4, 0.5) is 4.79 Å². The average Bonchev–Trinajstić information content (AvgIpc) is 2.68. The molecule has 0 bridgehead atoms. The van der Waals surface area contributed by atoms with Gasteiger partial charge in [-0.15, -0.1) is 0 Å². The molecule has 0 heterocycles. The second-order valence-electron chi connectivity index (χ2n) is 6.61. The van der Waals surface area contributed by atoms with Gasteiger partial charge in [-0.05, 0) is 38.9 Å². The SMILES string of the molecule is CSC1CCC(OC(=O)NCCOCCOCCOC(=O)CCC(C)=O)CC1. The van der Waals surface area contributed by atoms with Crippen molar-refractivity contribution in [3.63, 3.8) is 0 Å². The number of esters is 1. The van der Waals surface area contributed by atoms with Crippen molar-refractivity contribution in [2.75, 3.05) is 45.8 Å². The summed E-state index contributed by atoms with van der Waals surface area (Å²) in [5, 5.41) is 3.38. The van der Waals surface area contributed by atoms with Crippen LogP contribution in [0.5, 0.6) is 0 Å². The summed E-state index contributed by atoms with van der Waals surface area (Å²) in [6.07, 6.45) is 6.11. The number of Topliss-reactive ketones (excluding diaryl/α,β-unsaturated/α-hetero) is 1. The first-order chi connectivity index (χ1) is 13.5. The average molecular weight is 420 g/mol. The van der Waals surface area contributed by atoms with E-state index in [2.05, 4.69) is 11.6 Å². The van der Waals surface area contributed by atoms with Gasteiger partial charge in [-0.2, -0.15) is 11.8 Å². The van der Waals surface area contributed by atoms with E-state index in [1.54, 1.807) is 0 Å². The molecule has 1 saturated carbocycles. The minimum absolute atomic E-state index is 0.0225. The molecule has 28 heavy (non-hydrogen) atoms. The van der Waals surface area contributed by atoms with Crippen LogP contribution >= 0.6 is 11.8 Å². The van der Waals surface area contributed by atoms with E-state index in [0.717, 1.165) is 25.7 Å². The van der Waals surface area contributed by atoms with Gasteiger partial charge in [-0.3, -0.25) is 4.79 Å². The van der Waals surface area contributed by atoms with Gasteiger partial charge in [-0.25, -0.2) is 4.79 Å². The molecule has 1 aliphatic carbocycles. The third kappa shape index (κ3) is 13.0. The molecule has 9 heteroatoms. The Morgan fingerprint density at radius 3 is 2.21 bits per heavy atom. The summed E-state index contributed by atoms with van der Waals surface area (Å²) in [4.78, 5) is 33.7. The van der Waals surface area contributed by atoms with Crippen molar-refractivity contribution in [2.24, 2.45) is 0 Å². The number of rotatable bonds is 14. The van der Waals surface area contributed by atoms with E-state index in [0.29, 0.717) is 31.6 Å². The number of amides is 1. The van der Waals surface area contributed by atoms with Gasteiger partial charge in [-0.1, -0.05) is 0 Å². The Morgan fingerprint density at radius 1 is 0.929 bits per heavy atom. The smallest absolute Gasteiger partial charge is 0.407 e. The Balaban J connectivity index is 1.85. The van der Waals surface area contributed by atoms with Crippen LogP contribution in [0.15, 0.2) is 0 Å². The van der Waals surface area contributed by atoms with E-state index in [4.69, 9.17) is 18.9 Å². The first kappa shape index (κ1) is 24.7. The fraction of sp³-hybridized carbons (Fsp3) is 0.842. The molecule has 0 aromatic rings. The van der Waals surface area contributed by atoms with Crippen LogP contribution in [0.1, 0.15) is 45.4 Å². The van der Waals surface area contributed by atoms with Crippen LogP contribution in [-0.4, -0.2) is 75.0 Å². The summed E-state index contributed by atoms with van der Waals surface area (Å²) in [5.41, 5.74) is 0. The van der Waals surface area contributed by atoms with Gasteiger partial charge in [0.25, 0.3) is 0 Å². The van der Waals surface area contributed by atoms with Crippen molar-refractivity contribution in [2.45, 2.75) is 56.8 Å². The Bertz CT molecular complexity index is 467. The number of carbonyl (C=O) groups is 3. The minimum Gasteiger partial charge on any atom is -0.463 e. The molecule has 1 rings (SSSR count). The standard InChI is InChI=1S/C19H33NO7S/c1-15(21)3-8-18(22)26-14-13-25-12-11-24-10-9-20-19(23)27-16-4-6-17(28-2)7-5-16/h16-17H,3-14H2,1-2H3,(H,20,23). The van der Waals surface area contributed by atoms with Crippen LogP contribution in [-0.2, 0) is 28.5 Å². The van der Waals surface area contributed by atoms with Gasteiger partial charge in [0.2, 0.25) is 0 Å². The third-order valence-corrected chi connectivity index (χ3v) is 5.43. The largest absolute Gasteiger partial charge is 0.463 e. The highest BCUT2D eigenvalue weighted by Crippen LogP contribution is 2.28. The molecule has 1 aliphatic rings. The summed E-state index contributed by atoms with van der Waals surface area (Å²) >= 11 is 1.88. The van der Waals surface area contributed by atoms with Crippen molar-refractivity contribution in [3.8, 4) is 0 Å². The Kier molecular flexibility index (Phi) is 13.8. The zero-order valence-electron chi connectivity index (χ0n) is 16.9. The zero-order valence-corrected chi connectivity index (χ0v) is 17.7. The Hall–Kier alpha value is -1.32. The number of hydrogen-bond donors (Lipinski definition) is 1. The lowest BCUT2D eigenvalue weighted by Crippen LogP contribution is -2.33. The van der Waals surface area contributed by atoms with Gasteiger partial charge in [0, 0.05) is 18.2 Å². The summed E-state index contributed by atoms with van der Waals surface area (Å²) in [5.74, 6) is -0.434. The lowest BCUT2D eigenvalue weighted by atomic mass is 9.97. The van der Waals surface area contributed by atoms with Crippen LogP contribution in [0.25, 0.3) is 0 Å². The molecule has 162 valence electrons. The molecule has 0 spiro atoms. The summed E-state index contributed by atoms with van der Waals surface area (Å²) in [6, 6.07) is 0. The van der Waals surface area contributed by atoms with E-state index >= 15 is 0 Å². The van der Waals surface area contributed by atoms with Crippen LogP contribution in [0.3, 0.4) is 0 Å². The quantitative estimate of drug-likeness (QED) is 0.338. The van der Waals surface area contributed by atoms with E-state index in [1.807, 2.05) is 11.8 Å². The lowest BCUT2D eigenvalue weighted by molar-refractivity contribution is -0.146. The monoisotopic (exact) mass is 419 g/mol. The lowest BCUT2D eigenvalue weighted by Gasteiger charge is -2.27. The van der Waals surface area contributed by atoms with Gasteiger partial charge in [0.05, 0.1) is 32.8 Å². The molecule has 0 unspecified atom stereocenters. The Labute approximate surface area is 171 Å². The van der Waals surface area contributed by atoms with Crippen LogP contribution < -0.4 is 5.32 Å². The van der Waals surface area contributed by atoms with Gasteiger partial charge >= 0.3 is 12.1 Å². The molecular weight excluding hydrogens is 386 g/mol. The van der Waals surface area contributed by atoms with Crippen molar-refractivity contribution in [3.05, 3.63) is 0 Å². The highest BCUT2D eigenvalue weighted by atomic mass is 32.2. The molecular formula is C19H33NO7S. The van der Waals surface area contributed by atoms with Crippen molar-refractivity contribution < 1.29 is 33.3 Å². The number of hydrogen-bond acceptors (Lipinski definition) is 8. The first-order valence-corrected chi connectivity index (χ1v) is 11.1. The van der Waals surface area contributed by atoms with Crippen LogP contribution in [0.2, 0.25) is 0 Å². The number of alkyl carbamates (subject to hydrolysis) is 1. The topological polar surface area (TPSA) is 100 Å². The highest BCUT2D eigenvalue weighted by Gasteiger charge is 2.23. The van der Waals surface area contributed by atoms with Gasteiger partial charge in [0.1, 0.15) is 18.5 Å². The molecule has 1 fully saturated rings. The Morgan fingerprint density at radius 2 is 1.57 bits per heavy atom. The molecule has 8 nitrogen and oxygen atoms in total. The highest BCUT2D eigenvalue weighted by molar-refractivity contribution is 7.99. The normalized spacial score (nSPS) is 19.1. The van der Waals surface area contributed by atoms with E-state index in [-0.39, 0.29) is 44.0 Å². The zero-order chi connectivity index (χ0) is 20.6. The predicted octanol–water partition coefficient (Wildman–Crippen LogP) is 2.33. The van der Waals surface area contributed by atoms with Crippen molar-refractivity contribution in [1.82, 2.24) is 5.32 Å². The van der Waals surface area contributed by atoms with Crippen molar-refractivity contribution >= 4 is 29.6 Å². The van der Waals surface area contributed by atoms with Gasteiger partial charge < -0.3 is 29.1 Å². The number of thioether (sulfide) groups is 1. The molecule has 0 atom stereocenters. The summed E-state index contributed by atoms with van der Waals surface area (Å²) in [6.45, 7) is 3.38. The second kappa shape index (κ2) is 15.6. The summed E-state index contributed by atoms with van der Waals surface area (Å²) < 4.78 is 20.9. The predicted molar refractivity (Wildman–Crippen MR) is 107 cm³/mol. The summed E-state index contributed by atoms with van der Waals surface area (Å²) in [7, 11) is 0. The van der Waals surface area contributed by atoms with Crippen molar-refractivity contribution in [1.29, 1.82) is 0 Å². The maximum atomic E-state index is 11.7. The second-order valence-corrected chi connectivity index (χ2v) is 7.75. The number of ketones is 1. The van der Waals surface area contributed by atoms with Gasteiger partial charge in [0.15, 0.2) is 0 Å². The van der Waals surface area contributed by atoms with E-state index in [1.165, 1.54) is 6.92 Å². The minimum atomic E-state index is -0.398. The van der Waals surface area contributed by atoms with E-state index < -0.39 is 5.97 Å². The number of nitrogens with one attached hydrogen (secondary N) is 1. The molecule has 0 aromatic heterocycles. The fourth-order valence-electron chi connectivity index (χ4n) is 2.69. The molecule has 0 aliphatic heterocycles. The molecule has 1 amide bonds. The van der Waals surface area contributed by atoms with Crippen LogP contribution in [0, 0.1) is 0 Å². The maximum Gasteiger partial charge on any atom is 0.407 e. The number of carbonyl (C=O) groups excluding carboxylic acids is 3. The molecule has 1 N–H and O–H groups in total. The maximum absolute atomic E-state index is 11.7. The fourth-order valence-corrected chi connectivity index (χ4v) is 3.43. The van der Waals surface area contributed by atoms with E-state index in [9.17, 15) is 14.4 Å². The molecule has 0 saturated heterocycles. The number of ether oxygens (including phenoxy) is 4. The molecule has 0 aromatic carbocycles. The first-order valence-electron chi connectivity index (χ1n) is 9.79. The third-order valence-electron chi connectivity index (χ3n) is 4.29. The molecule has 0 radical (unpaired) electrons.